The van der Waals surface area contributed by atoms with Crippen LogP contribution in [0.2, 0.25) is 0 Å². The van der Waals surface area contributed by atoms with Crippen LogP contribution in [0, 0.1) is 0 Å². The van der Waals surface area contributed by atoms with Crippen molar-refractivity contribution < 1.29 is 14.1 Å². The van der Waals surface area contributed by atoms with Crippen LogP contribution < -0.4 is 10.9 Å². The van der Waals surface area contributed by atoms with Gasteiger partial charge in [0.25, 0.3) is 11.5 Å². The Morgan fingerprint density at radius 2 is 2.22 bits per heavy atom. The first-order valence-electron chi connectivity index (χ1n) is 7.43. The van der Waals surface area contributed by atoms with Gasteiger partial charge in [0.05, 0.1) is 31.0 Å². The number of carbonyl (C=O) groups is 1. The number of H-pyrrole nitrogens is 1. The van der Waals surface area contributed by atoms with E-state index >= 15 is 0 Å². The Kier molecular flexibility index (Phi) is 4.84. The van der Waals surface area contributed by atoms with Gasteiger partial charge < -0.3 is 14.6 Å². The van der Waals surface area contributed by atoms with Gasteiger partial charge in [-0.3, -0.25) is 19.5 Å². The van der Waals surface area contributed by atoms with Crippen LogP contribution in [-0.4, -0.2) is 53.8 Å². The molecule has 0 bridgehead atoms. The molecule has 1 aliphatic rings. The van der Waals surface area contributed by atoms with Crippen LogP contribution in [0.5, 0.6) is 0 Å². The number of nitrogens with zero attached hydrogens (tertiary/aromatic N) is 2. The summed E-state index contributed by atoms with van der Waals surface area (Å²) in [6, 6.07) is 6.77. The molecule has 0 aliphatic carbocycles. The monoisotopic (exact) mass is 318 g/mol. The first-order valence-corrected chi connectivity index (χ1v) is 7.43. The van der Waals surface area contributed by atoms with Gasteiger partial charge in [-0.05, 0) is 12.1 Å². The lowest BCUT2D eigenvalue weighted by Gasteiger charge is -2.34. The molecule has 1 amide bonds. The van der Waals surface area contributed by atoms with Crippen molar-refractivity contribution in [1.82, 2.24) is 20.4 Å². The maximum atomic E-state index is 12.0. The molecule has 1 atom stereocenters. The second kappa shape index (κ2) is 7.21. The smallest absolute Gasteiger partial charge is 0.290 e. The van der Waals surface area contributed by atoms with Crippen molar-refractivity contribution in [2.45, 2.75) is 6.04 Å². The molecule has 0 aromatic carbocycles. The summed E-state index contributed by atoms with van der Waals surface area (Å²) in [5.41, 5.74) is 0.440. The van der Waals surface area contributed by atoms with Crippen molar-refractivity contribution in [3.8, 4) is 0 Å². The molecule has 1 aliphatic heterocycles. The Hall–Kier alpha value is -2.45. The molecule has 3 rings (SSSR count). The summed E-state index contributed by atoms with van der Waals surface area (Å²) in [4.78, 5) is 29.7. The molecular formula is C15H18N4O4. The van der Waals surface area contributed by atoms with Crippen molar-refractivity contribution in [2.75, 3.05) is 32.8 Å². The molecule has 1 fully saturated rings. The zero-order valence-electron chi connectivity index (χ0n) is 12.5. The number of ether oxygens (including phenoxy) is 1. The fourth-order valence-electron chi connectivity index (χ4n) is 2.55. The van der Waals surface area contributed by atoms with Crippen LogP contribution in [0.1, 0.15) is 22.3 Å². The van der Waals surface area contributed by atoms with Crippen molar-refractivity contribution in [1.29, 1.82) is 0 Å². The number of amides is 1. The van der Waals surface area contributed by atoms with Crippen molar-refractivity contribution in [2.24, 2.45) is 0 Å². The van der Waals surface area contributed by atoms with Gasteiger partial charge in [-0.25, -0.2) is 0 Å². The second-order valence-electron chi connectivity index (χ2n) is 5.21. The summed E-state index contributed by atoms with van der Waals surface area (Å²) in [5, 5.41) is 4.90. The zero-order valence-corrected chi connectivity index (χ0v) is 12.5. The van der Waals surface area contributed by atoms with E-state index in [2.05, 4.69) is 20.4 Å². The number of carbonyl (C=O) groups excluding carboxylic acids is 1. The number of aromatic amines is 1. The van der Waals surface area contributed by atoms with E-state index in [0.717, 1.165) is 24.8 Å². The van der Waals surface area contributed by atoms with E-state index in [4.69, 9.17) is 9.26 Å². The van der Waals surface area contributed by atoms with Gasteiger partial charge >= 0.3 is 0 Å². The molecule has 23 heavy (non-hydrogen) atoms. The maximum absolute atomic E-state index is 12.0. The molecule has 8 heteroatoms. The van der Waals surface area contributed by atoms with Crippen LogP contribution in [-0.2, 0) is 4.74 Å². The SMILES string of the molecule is O=C(NC[C@@H](c1ccccn1)N1CCOCC1)c1cc(=O)[nH]o1. The third-order valence-corrected chi connectivity index (χ3v) is 3.72. The summed E-state index contributed by atoms with van der Waals surface area (Å²) in [6.45, 7) is 3.23. The number of hydrogen-bond acceptors (Lipinski definition) is 6. The third kappa shape index (κ3) is 3.85. The number of morpholine rings is 1. The Balaban J connectivity index is 1.70. The minimum Gasteiger partial charge on any atom is -0.379 e. The van der Waals surface area contributed by atoms with Crippen LogP contribution in [0.25, 0.3) is 0 Å². The minimum absolute atomic E-state index is 0.0308. The topological polar surface area (TPSA) is 100 Å². The fourth-order valence-corrected chi connectivity index (χ4v) is 2.55. The lowest BCUT2D eigenvalue weighted by molar-refractivity contribution is 0.0153. The van der Waals surface area contributed by atoms with E-state index in [-0.39, 0.29) is 11.8 Å². The largest absolute Gasteiger partial charge is 0.379 e. The molecule has 2 aromatic heterocycles. The lowest BCUT2D eigenvalue weighted by atomic mass is 10.1. The van der Waals surface area contributed by atoms with Crippen molar-refractivity contribution in [3.63, 3.8) is 0 Å². The molecule has 0 spiro atoms. The Bertz CT molecular complexity index is 691. The van der Waals surface area contributed by atoms with Gasteiger partial charge in [0.15, 0.2) is 0 Å². The Morgan fingerprint density at radius 1 is 1.39 bits per heavy atom. The molecule has 2 aromatic rings. The van der Waals surface area contributed by atoms with Crippen LogP contribution in [0.15, 0.2) is 39.8 Å². The Labute approximate surface area is 132 Å². The highest BCUT2D eigenvalue weighted by Crippen LogP contribution is 2.19. The first kappa shape index (κ1) is 15.4. The molecule has 3 heterocycles. The van der Waals surface area contributed by atoms with Crippen molar-refractivity contribution >= 4 is 5.91 Å². The maximum Gasteiger partial charge on any atom is 0.290 e. The molecule has 0 saturated carbocycles. The van der Waals surface area contributed by atoms with Crippen LogP contribution in [0.3, 0.4) is 0 Å². The molecule has 2 N–H and O–H groups in total. The average Bonchev–Trinajstić information content (AvgIpc) is 3.03. The highest BCUT2D eigenvalue weighted by atomic mass is 16.5. The van der Waals surface area contributed by atoms with Gasteiger partial charge in [0.2, 0.25) is 5.76 Å². The van der Waals surface area contributed by atoms with Crippen molar-refractivity contribution in [3.05, 3.63) is 52.3 Å². The van der Waals surface area contributed by atoms with Gasteiger partial charge in [0, 0.05) is 25.8 Å². The van der Waals surface area contributed by atoms with Crippen LogP contribution >= 0.6 is 0 Å². The number of rotatable bonds is 5. The number of nitrogens with one attached hydrogen (secondary N) is 2. The second-order valence-corrected chi connectivity index (χ2v) is 5.21. The summed E-state index contributed by atoms with van der Waals surface area (Å²) in [7, 11) is 0. The summed E-state index contributed by atoms with van der Waals surface area (Å²) >= 11 is 0. The molecule has 0 unspecified atom stereocenters. The summed E-state index contributed by atoms with van der Waals surface area (Å²) in [5.74, 6) is -0.464. The van der Waals surface area contributed by atoms with Gasteiger partial charge in [-0.15, -0.1) is 0 Å². The van der Waals surface area contributed by atoms with Crippen LogP contribution in [0.4, 0.5) is 0 Å². The molecule has 122 valence electrons. The Morgan fingerprint density at radius 3 is 2.87 bits per heavy atom. The summed E-state index contributed by atoms with van der Waals surface area (Å²) in [6.07, 6.45) is 1.73. The summed E-state index contributed by atoms with van der Waals surface area (Å²) < 4.78 is 10.2. The van der Waals surface area contributed by atoms with E-state index in [1.165, 1.54) is 0 Å². The predicted molar refractivity (Wildman–Crippen MR) is 81.0 cm³/mol. The molecule has 0 radical (unpaired) electrons. The van der Waals surface area contributed by atoms with Gasteiger partial charge in [0.1, 0.15) is 0 Å². The number of pyridine rings is 1. The van der Waals surface area contributed by atoms with Gasteiger partial charge in [-0.1, -0.05) is 6.07 Å². The fraction of sp³-hybridized carbons (Fsp3) is 0.400. The van der Waals surface area contributed by atoms with E-state index in [0.29, 0.717) is 19.8 Å². The average molecular weight is 318 g/mol. The third-order valence-electron chi connectivity index (χ3n) is 3.72. The zero-order chi connectivity index (χ0) is 16.1. The van der Waals surface area contributed by atoms with E-state index in [1.54, 1.807) is 6.20 Å². The standard InChI is InChI=1S/C15H18N4O4/c20-14-9-13(23-18-14)15(21)17-10-12(11-3-1-2-4-16-11)19-5-7-22-8-6-19/h1-4,9,12H,5-8,10H2,(H,17,21)(H,18,20)/t12-/m0/s1. The van der Waals surface area contributed by atoms with E-state index in [1.807, 2.05) is 18.2 Å². The number of aromatic nitrogens is 2. The normalized spacial score (nSPS) is 16.9. The number of hydrogen-bond donors (Lipinski definition) is 2. The molecule has 1 saturated heterocycles. The lowest BCUT2D eigenvalue weighted by Crippen LogP contribution is -2.44. The highest BCUT2D eigenvalue weighted by molar-refractivity contribution is 5.91. The minimum atomic E-state index is -0.440. The van der Waals surface area contributed by atoms with Gasteiger partial charge in [-0.2, -0.15) is 5.16 Å². The molecule has 8 nitrogen and oxygen atoms in total. The predicted octanol–water partition coefficient (Wildman–Crippen LogP) is 0.166. The quantitative estimate of drug-likeness (QED) is 0.815. The first-order chi connectivity index (χ1) is 11.2. The van der Waals surface area contributed by atoms with E-state index < -0.39 is 11.5 Å². The highest BCUT2D eigenvalue weighted by Gasteiger charge is 2.24. The van der Waals surface area contributed by atoms with E-state index in [9.17, 15) is 9.59 Å². The molecular weight excluding hydrogens is 300 g/mol.